The maximum atomic E-state index is 13.6. The number of rotatable bonds is 9. The number of carboxylic acid groups (broad SMARTS) is 1. The molecule has 1 amide bonds. The molecular weight excluding hydrogens is 525 g/mol. The van der Waals surface area contributed by atoms with Gasteiger partial charge in [0, 0.05) is 43.1 Å². The summed E-state index contributed by atoms with van der Waals surface area (Å²) in [6.07, 6.45) is 2.32. The van der Waals surface area contributed by atoms with Gasteiger partial charge in [0.15, 0.2) is 0 Å². The number of ether oxygens (including phenoxy) is 1. The Morgan fingerprint density at radius 1 is 1.24 bits per heavy atom. The SMILES string of the molecule is C[C@@H]1C[C@H](NS(=O)(=O)N(C)CC2CS(O)(O)C2)[C@H](COC2CCC(c3cccc(F)c3)CC2)N1C(=O)O. The number of amides is 1. The fraction of sp³-hybridized carbons (Fsp3) is 0.708. The first-order chi connectivity index (χ1) is 17.3. The topological polar surface area (TPSA) is 140 Å². The van der Waals surface area contributed by atoms with E-state index in [0.29, 0.717) is 6.42 Å². The molecule has 1 aromatic rings. The molecule has 0 unspecified atom stereocenters. The summed E-state index contributed by atoms with van der Waals surface area (Å²) in [5.41, 5.74) is 0.977. The summed E-state index contributed by atoms with van der Waals surface area (Å²) in [5.74, 6) is 0.275. The van der Waals surface area contributed by atoms with Gasteiger partial charge in [0.25, 0.3) is 10.2 Å². The largest absolute Gasteiger partial charge is 0.465 e. The van der Waals surface area contributed by atoms with E-state index < -0.39 is 39.0 Å². The highest BCUT2D eigenvalue weighted by Gasteiger charge is 2.45. The molecule has 10 nitrogen and oxygen atoms in total. The van der Waals surface area contributed by atoms with Crippen LogP contribution in [0, 0.1) is 11.7 Å². The zero-order valence-electron chi connectivity index (χ0n) is 21.2. The zero-order chi connectivity index (χ0) is 27.0. The van der Waals surface area contributed by atoms with Gasteiger partial charge in [-0.25, -0.2) is 9.18 Å². The quantitative estimate of drug-likeness (QED) is 0.360. The highest BCUT2D eigenvalue weighted by molar-refractivity contribution is 8.25. The number of likely N-dealkylation sites (tertiary alicyclic amines) is 1. The average Bonchev–Trinajstić information content (AvgIpc) is 3.10. The molecule has 13 heteroatoms. The highest BCUT2D eigenvalue weighted by Crippen LogP contribution is 2.52. The lowest BCUT2D eigenvalue weighted by molar-refractivity contribution is -0.00709. The summed E-state index contributed by atoms with van der Waals surface area (Å²) in [5, 5.41) is 9.81. The molecule has 0 spiro atoms. The number of hydrogen-bond donors (Lipinski definition) is 4. The monoisotopic (exact) mass is 563 g/mol. The first-order valence-corrected chi connectivity index (χ1v) is 16.0. The van der Waals surface area contributed by atoms with Crippen molar-refractivity contribution in [2.24, 2.45) is 5.92 Å². The lowest BCUT2D eigenvalue weighted by atomic mass is 9.82. The van der Waals surface area contributed by atoms with Gasteiger partial charge in [-0.05, 0) is 62.6 Å². The van der Waals surface area contributed by atoms with Gasteiger partial charge >= 0.3 is 6.09 Å². The third-order valence-electron chi connectivity index (χ3n) is 7.84. The third kappa shape index (κ3) is 6.94. The molecule has 210 valence electrons. The van der Waals surface area contributed by atoms with Gasteiger partial charge in [-0.2, -0.15) is 28.0 Å². The summed E-state index contributed by atoms with van der Waals surface area (Å²) >= 11 is 0. The van der Waals surface area contributed by atoms with Crippen LogP contribution in [0.5, 0.6) is 0 Å². The van der Waals surface area contributed by atoms with Crippen molar-refractivity contribution in [2.75, 3.05) is 31.7 Å². The summed E-state index contributed by atoms with van der Waals surface area (Å²) in [7, 11) is -5.05. The highest BCUT2D eigenvalue weighted by atomic mass is 32.3. The van der Waals surface area contributed by atoms with E-state index in [9.17, 15) is 31.8 Å². The third-order valence-corrected chi connectivity index (χ3v) is 11.4. The first-order valence-electron chi connectivity index (χ1n) is 12.7. The minimum absolute atomic E-state index is 0.0744. The fourth-order valence-electron chi connectivity index (χ4n) is 5.92. The minimum Gasteiger partial charge on any atom is -0.465 e. The van der Waals surface area contributed by atoms with E-state index >= 15 is 0 Å². The van der Waals surface area contributed by atoms with Gasteiger partial charge in [0.05, 0.1) is 18.8 Å². The molecular formula is C24H38FN3O7S2. The van der Waals surface area contributed by atoms with Crippen LogP contribution in [0.15, 0.2) is 24.3 Å². The Labute approximate surface area is 219 Å². The number of carbonyl (C=O) groups is 1. The molecule has 3 fully saturated rings. The van der Waals surface area contributed by atoms with Crippen LogP contribution in [-0.2, 0) is 14.9 Å². The Bertz CT molecular complexity index is 1060. The number of nitrogens with zero attached hydrogens (tertiary/aromatic N) is 2. The second-order valence-electron chi connectivity index (χ2n) is 10.7. The van der Waals surface area contributed by atoms with Crippen molar-refractivity contribution >= 4 is 26.9 Å². The van der Waals surface area contributed by atoms with Crippen molar-refractivity contribution in [2.45, 2.75) is 69.2 Å². The summed E-state index contributed by atoms with van der Waals surface area (Å²) in [4.78, 5) is 13.3. The van der Waals surface area contributed by atoms with Crippen molar-refractivity contribution in [3.05, 3.63) is 35.6 Å². The van der Waals surface area contributed by atoms with Gasteiger partial charge in [-0.3, -0.25) is 14.0 Å². The maximum absolute atomic E-state index is 13.6. The van der Waals surface area contributed by atoms with E-state index in [1.165, 1.54) is 18.0 Å². The summed E-state index contributed by atoms with van der Waals surface area (Å²) in [6, 6.07) is 4.95. The molecule has 1 aromatic carbocycles. The van der Waals surface area contributed by atoms with Crippen molar-refractivity contribution in [3.8, 4) is 0 Å². The predicted octanol–water partition coefficient (Wildman–Crippen LogP) is 3.52. The molecule has 37 heavy (non-hydrogen) atoms. The van der Waals surface area contributed by atoms with Gasteiger partial charge in [0.2, 0.25) is 0 Å². The predicted molar refractivity (Wildman–Crippen MR) is 140 cm³/mol. The van der Waals surface area contributed by atoms with Gasteiger partial charge in [-0.15, -0.1) is 0 Å². The molecule has 0 aromatic heterocycles. The zero-order valence-corrected chi connectivity index (χ0v) is 22.8. The van der Waals surface area contributed by atoms with Crippen LogP contribution >= 0.6 is 10.6 Å². The second kappa shape index (κ2) is 11.3. The molecule has 2 heterocycles. The fourth-order valence-corrected chi connectivity index (χ4v) is 8.77. The lowest BCUT2D eigenvalue weighted by Crippen LogP contribution is -2.53. The molecule has 2 aliphatic heterocycles. The number of benzene rings is 1. The van der Waals surface area contributed by atoms with Crippen LogP contribution in [0.2, 0.25) is 0 Å². The Balaban J connectivity index is 1.34. The normalized spacial score (nSPS) is 31.3. The molecule has 1 aliphatic carbocycles. The van der Waals surface area contributed by atoms with Crippen LogP contribution < -0.4 is 4.72 Å². The Morgan fingerprint density at radius 2 is 1.92 bits per heavy atom. The number of nitrogens with one attached hydrogen (secondary N) is 1. The van der Waals surface area contributed by atoms with Crippen LogP contribution in [0.3, 0.4) is 0 Å². The van der Waals surface area contributed by atoms with E-state index in [-0.39, 0.29) is 54.5 Å². The van der Waals surface area contributed by atoms with Crippen molar-refractivity contribution < 1.29 is 36.6 Å². The number of halogens is 1. The molecule has 0 bridgehead atoms. The van der Waals surface area contributed by atoms with Gasteiger partial charge < -0.3 is 9.84 Å². The lowest BCUT2D eigenvalue weighted by Gasteiger charge is -2.48. The molecule has 3 atom stereocenters. The van der Waals surface area contributed by atoms with Gasteiger partial charge in [-0.1, -0.05) is 12.1 Å². The molecule has 1 saturated carbocycles. The Hall–Kier alpha value is -1.48. The van der Waals surface area contributed by atoms with Crippen molar-refractivity contribution in [3.63, 3.8) is 0 Å². The van der Waals surface area contributed by atoms with Gasteiger partial charge in [0.1, 0.15) is 5.82 Å². The molecule has 2 saturated heterocycles. The summed E-state index contributed by atoms with van der Waals surface area (Å²) in [6.45, 7) is 1.99. The first kappa shape index (κ1) is 28.5. The van der Waals surface area contributed by atoms with E-state index in [2.05, 4.69) is 4.72 Å². The van der Waals surface area contributed by atoms with Crippen LogP contribution in [-0.4, -0.2) is 93.9 Å². The Kier molecular flexibility index (Phi) is 8.73. The second-order valence-corrected chi connectivity index (χ2v) is 14.8. The molecule has 4 N–H and O–H groups in total. The van der Waals surface area contributed by atoms with E-state index in [4.69, 9.17) is 4.74 Å². The van der Waals surface area contributed by atoms with Crippen molar-refractivity contribution in [1.82, 2.24) is 13.9 Å². The minimum atomic E-state index is -3.92. The molecule has 4 rings (SSSR count). The standard InChI is InChI=1S/C24H38FN3O7S2/c1-16-10-22(26-37(33,34)27(2)12-17-14-36(31,32)15-17)23(28(16)24(29)30)13-35-21-8-6-18(7-9-21)19-4-3-5-20(25)11-19/h3-5,11,16-18,21-23,26,31-32H,6-10,12-15H2,1-2H3,(H,29,30)/t16-,18?,21?,22+,23+/m1/s1. The Morgan fingerprint density at radius 3 is 2.51 bits per heavy atom. The van der Waals surface area contributed by atoms with Crippen LogP contribution in [0.4, 0.5) is 9.18 Å². The molecule has 0 radical (unpaired) electrons. The smallest absolute Gasteiger partial charge is 0.407 e. The number of hydrogen-bond acceptors (Lipinski definition) is 6. The summed E-state index contributed by atoms with van der Waals surface area (Å²) < 4.78 is 68.8. The van der Waals surface area contributed by atoms with E-state index in [1.54, 1.807) is 19.1 Å². The van der Waals surface area contributed by atoms with Crippen LogP contribution in [0.1, 0.15) is 50.5 Å². The van der Waals surface area contributed by atoms with E-state index in [0.717, 1.165) is 35.6 Å². The van der Waals surface area contributed by atoms with Crippen molar-refractivity contribution in [1.29, 1.82) is 0 Å². The maximum Gasteiger partial charge on any atom is 0.407 e. The molecule has 3 aliphatic rings. The van der Waals surface area contributed by atoms with E-state index in [1.807, 2.05) is 6.07 Å². The average molecular weight is 564 g/mol. The van der Waals surface area contributed by atoms with Crippen LogP contribution in [0.25, 0.3) is 0 Å².